The van der Waals surface area contributed by atoms with Gasteiger partial charge in [0.2, 0.25) is 23.8 Å². The van der Waals surface area contributed by atoms with Gasteiger partial charge in [-0.05, 0) is 24.3 Å². The summed E-state index contributed by atoms with van der Waals surface area (Å²) in [5, 5.41) is 0. The third kappa shape index (κ3) is 4.01. The van der Waals surface area contributed by atoms with E-state index in [2.05, 4.69) is 39.9 Å². The highest BCUT2D eigenvalue weighted by atomic mass is 15.4. The molecule has 0 aromatic carbocycles. The summed E-state index contributed by atoms with van der Waals surface area (Å²) in [6, 6.07) is 7.04. The van der Waals surface area contributed by atoms with E-state index >= 15 is 0 Å². The maximum atomic E-state index is 4.33. The Hall–Kier alpha value is -4.08. The molecule has 0 amide bonds. The van der Waals surface area contributed by atoms with Gasteiger partial charge in [-0.15, -0.1) is 0 Å². The molecule has 0 radical (unpaired) electrons. The van der Waals surface area contributed by atoms with Gasteiger partial charge in [-0.3, -0.25) is 9.80 Å². The normalized spacial score (nSPS) is 10.4. The first-order valence-electron chi connectivity index (χ1n) is 8.55. The van der Waals surface area contributed by atoms with E-state index in [4.69, 9.17) is 0 Å². The summed E-state index contributed by atoms with van der Waals surface area (Å²) in [7, 11) is 0. The summed E-state index contributed by atoms with van der Waals surface area (Å²) in [5.74, 6) is 1.99. The second-order valence-electron chi connectivity index (χ2n) is 5.50. The van der Waals surface area contributed by atoms with Gasteiger partial charge in [-0.2, -0.15) is 0 Å². The van der Waals surface area contributed by atoms with Crippen LogP contribution in [0.2, 0.25) is 0 Å². The first kappa shape index (κ1) is 17.3. The van der Waals surface area contributed by atoms with Crippen LogP contribution in [-0.2, 0) is 0 Å². The molecule has 0 aliphatic heterocycles. The predicted molar refractivity (Wildman–Crippen MR) is 102 cm³/mol. The second kappa shape index (κ2) is 8.54. The van der Waals surface area contributed by atoms with Crippen LogP contribution in [0.4, 0.5) is 23.8 Å². The molecule has 0 saturated carbocycles. The van der Waals surface area contributed by atoms with Crippen molar-refractivity contribution in [1.29, 1.82) is 0 Å². The molecule has 4 heterocycles. The molecule has 4 aromatic rings. The van der Waals surface area contributed by atoms with Crippen molar-refractivity contribution in [2.75, 3.05) is 22.9 Å². The first-order valence-corrected chi connectivity index (χ1v) is 8.55. The molecule has 0 saturated heterocycles. The average molecular weight is 372 g/mol. The van der Waals surface area contributed by atoms with E-state index in [0.29, 0.717) is 36.9 Å². The number of rotatable bonds is 7. The Morgan fingerprint density at radius 1 is 0.393 bits per heavy atom. The van der Waals surface area contributed by atoms with Crippen molar-refractivity contribution in [1.82, 2.24) is 39.9 Å². The van der Waals surface area contributed by atoms with E-state index in [1.54, 1.807) is 73.8 Å². The first-order chi connectivity index (χ1) is 13.9. The molecule has 4 rings (SSSR count). The van der Waals surface area contributed by atoms with Crippen LogP contribution in [-0.4, -0.2) is 53.0 Å². The monoisotopic (exact) mass is 372 g/mol. The fraction of sp³-hybridized carbons (Fsp3) is 0.111. The maximum absolute atomic E-state index is 4.33. The quantitative estimate of drug-likeness (QED) is 0.476. The third-order valence-corrected chi connectivity index (χ3v) is 3.72. The van der Waals surface area contributed by atoms with Crippen LogP contribution >= 0.6 is 0 Å². The summed E-state index contributed by atoms with van der Waals surface area (Å²) in [5.41, 5.74) is 0. The minimum Gasteiger partial charge on any atom is -0.277 e. The fourth-order valence-corrected chi connectivity index (χ4v) is 2.50. The predicted octanol–water partition coefficient (Wildman–Crippen LogP) is 1.82. The maximum Gasteiger partial charge on any atom is 0.232 e. The Morgan fingerprint density at radius 3 is 0.821 bits per heavy atom. The van der Waals surface area contributed by atoms with Crippen molar-refractivity contribution in [3.63, 3.8) is 0 Å². The van der Waals surface area contributed by atoms with E-state index in [1.165, 1.54) is 0 Å². The molecule has 0 unspecified atom stereocenters. The molecule has 0 atom stereocenters. The van der Waals surface area contributed by atoms with Gasteiger partial charge in [0, 0.05) is 62.7 Å². The number of aromatic nitrogens is 8. The van der Waals surface area contributed by atoms with Crippen LogP contribution in [0.15, 0.2) is 73.8 Å². The average Bonchev–Trinajstić information content (AvgIpc) is 2.79. The SMILES string of the molecule is c1cnc(N(CCN(c2ncccn2)c2ncccn2)c2ncccn2)nc1. The van der Waals surface area contributed by atoms with Gasteiger partial charge in [0.15, 0.2) is 0 Å². The van der Waals surface area contributed by atoms with Crippen LogP contribution in [0.25, 0.3) is 0 Å². The van der Waals surface area contributed by atoms with Crippen molar-refractivity contribution in [2.24, 2.45) is 0 Å². The zero-order chi connectivity index (χ0) is 19.0. The molecule has 0 spiro atoms. The summed E-state index contributed by atoms with van der Waals surface area (Å²) in [6.45, 7) is 0.926. The standard InChI is InChI=1S/C18H16N10/c1-5-19-15(20-6-1)27(16-21-7-2-8-22-16)13-14-28(17-23-9-3-10-24-17)18-25-11-4-12-26-18/h1-12H,13-14H2. The van der Waals surface area contributed by atoms with Crippen LogP contribution in [0, 0.1) is 0 Å². The number of anilines is 4. The number of hydrogen-bond acceptors (Lipinski definition) is 10. The Morgan fingerprint density at radius 2 is 0.607 bits per heavy atom. The molecule has 0 aliphatic carbocycles. The molecular formula is C18H16N10. The number of hydrogen-bond donors (Lipinski definition) is 0. The summed E-state index contributed by atoms with van der Waals surface area (Å²) in [6.07, 6.45) is 13.4. The molecule has 28 heavy (non-hydrogen) atoms. The van der Waals surface area contributed by atoms with Crippen molar-refractivity contribution >= 4 is 23.8 Å². The van der Waals surface area contributed by atoms with Gasteiger partial charge in [0.25, 0.3) is 0 Å². The van der Waals surface area contributed by atoms with Crippen LogP contribution in [0.3, 0.4) is 0 Å². The molecule has 0 bridgehead atoms. The van der Waals surface area contributed by atoms with Gasteiger partial charge in [-0.1, -0.05) is 0 Å². The Kier molecular flexibility index (Phi) is 5.29. The summed E-state index contributed by atoms with van der Waals surface area (Å²) < 4.78 is 0. The van der Waals surface area contributed by atoms with Crippen LogP contribution in [0.5, 0.6) is 0 Å². The number of nitrogens with zero attached hydrogens (tertiary/aromatic N) is 10. The molecular weight excluding hydrogens is 356 g/mol. The van der Waals surface area contributed by atoms with Gasteiger partial charge >= 0.3 is 0 Å². The van der Waals surface area contributed by atoms with E-state index in [1.807, 2.05) is 9.80 Å². The van der Waals surface area contributed by atoms with Crippen molar-refractivity contribution in [3.05, 3.63) is 73.8 Å². The Labute approximate surface area is 161 Å². The fourth-order valence-electron chi connectivity index (χ4n) is 2.50. The zero-order valence-corrected chi connectivity index (χ0v) is 14.8. The smallest absolute Gasteiger partial charge is 0.232 e. The topological polar surface area (TPSA) is 110 Å². The largest absolute Gasteiger partial charge is 0.277 e. The lowest BCUT2D eigenvalue weighted by atomic mass is 10.4. The highest BCUT2D eigenvalue weighted by molar-refractivity contribution is 5.50. The molecule has 0 fully saturated rings. The molecule has 4 aromatic heterocycles. The lowest BCUT2D eigenvalue weighted by Gasteiger charge is -2.25. The lowest BCUT2D eigenvalue weighted by molar-refractivity contribution is 0.796. The Balaban J connectivity index is 1.64. The Bertz CT molecular complexity index is 808. The van der Waals surface area contributed by atoms with Crippen molar-refractivity contribution in [3.8, 4) is 0 Å². The van der Waals surface area contributed by atoms with Crippen LogP contribution < -0.4 is 9.80 Å². The van der Waals surface area contributed by atoms with Gasteiger partial charge < -0.3 is 0 Å². The molecule has 0 aliphatic rings. The minimum absolute atomic E-state index is 0.463. The van der Waals surface area contributed by atoms with Gasteiger partial charge in [0.05, 0.1) is 0 Å². The zero-order valence-electron chi connectivity index (χ0n) is 14.8. The minimum atomic E-state index is 0.463. The van der Waals surface area contributed by atoms with Crippen LogP contribution in [0.1, 0.15) is 0 Å². The molecule has 10 nitrogen and oxygen atoms in total. The highest BCUT2D eigenvalue weighted by Gasteiger charge is 2.19. The third-order valence-electron chi connectivity index (χ3n) is 3.72. The summed E-state index contributed by atoms with van der Waals surface area (Å²) >= 11 is 0. The highest BCUT2D eigenvalue weighted by Crippen LogP contribution is 2.19. The van der Waals surface area contributed by atoms with E-state index in [-0.39, 0.29) is 0 Å². The van der Waals surface area contributed by atoms with Gasteiger partial charge in [0.1, 0.15) is 0 Å². The van der Waals surface area contributed by atoms with E-state index in [9.17, 15) is 0 Å². The van der Waals surface area contributed by atoms with Crippen molar-refractivity contribution in [2.45, 2.75) is 0 Å². The lowest BCUT2D eigenvalue weighted by Crippen LogP contribution is -2.33. The molecule has 10 heteroatoms. The van der Waals surface area contributed by atoms with E-state index in [0.717, 1.165) is 0 Å². The summed E-state index contributed by atoms with van der Waals surface area (Å²) in [4.78, 5) is 38.3. The van der Waals surface area contributed by atoms with Gasteiger partial charge in [-0.25, -0.2) is 39.9 Å². The molecule has 0 N–H and O–H groups in total. The van der Waals surface area contributed by atoms with E-state index < -0.39 is 0 Å². The second-order valence-corrected chi connectivity index (χ2v) is 5.50. The molecule has 138 valence electrons. The van der Waals surface area contributed by atoms with Crippen molar-refractivity contribution < 1.29 is 0 Å².